The maximum atomic E-state index is 12.5. The Morgan fingerprint density at radius 1 is 1.06 bits per heavy atom. The van der Waals surface area contributed by atoms with Crippen LogP contribution in [0.2, 0.25) is 0 Å². The number of carbonyl (C=O) groups is 1. The highest BCUT2D eigenvalue weighted by Crippen LogP contribution is 2.32. The van der Waals surface area contributed by atoms with E-state index in [0.717, 1.165) is 27.6 Å². The van der Waals surface area contributed by atoms with Crippen LogP contribution in [0.25, 0.3) is 6.08 Å². The average Bonchev–Trinajstić information content (AvgIpc) is 3.14. The largest absolute Gasteiger partial charge is 0.487 e. The minimum atomic E-state index is -0.607. The number of esters is 1. The number of cyclic esters (lactones) is 1. The van der Waals surface area contributed by atoms with Crippen LogP contribution in [0, 0.1) is 27.7 Å². The van der Waals surface area contributed by atoms with Gasteiger partial charge in [-0.2, -0.15) is 0 Å². The molecule has 7 nitrogen and oxygen atoms in total. The predicted octanol–water partition coefficient (Wildman–Crippen LogP) is 6.64. The summed E-state index contributed by atoms with van der Waals surface area (Å²) in [5.41, 5.74) is 2.74. The van der Waals surface area contributed by atoms with Crippen molar-refractivity contribution in [3.05, 3.63) is 103 Å². The first-order valence-electron chi connectivity index (χ1n) is 9.87. The molecule has 0 saturated heterocycles. The highest BCUT2D eigenvalue weighted by Gasteiger charge is 2.27. The first kappa shape index (κ1) is 25.0. The lowest BCUT2D eigenvalue weighted by Gasteiger charge is -2.12. The minimum absolute atomic E-state index is 0.0549. The number of nitro groups is 1. The number of rotatable bonds is 6. The molecule has 1 aliphatic heterocycles. The molecule has 0 radical (unpaired) electrons. The Hall–Kier alpha value is -2.07. The summed E-state index contributed by atoms with van der Waals surface area (Å²) in [5.74, 6) is 0.220. The zero-order valence-corrected chi connectivity index (χ0v) is 24.0. The van der Waals surface area contributed by atoms with Crippen LogP contribution in [0.1, 0.15) is 22.3 Å². The van der Waals surface area contributed by atoms with Gasteiger partial charge in [-0.3, -0.25) is 10.1 Å². The lowest BCUT2D eigenvalue weighted by Crippen LogP contribution is -2.08. The number of halogens is 3. The summed E-state index contributed by atoms with van der Waals surface area (Å²) in [6.45, 7) is 2.06. The fraction of sp³-hybridized carbons (Fsp3) is 0.0833. The van der Waals surface area contributed by atoms with E-state index in [2.05, 4.69) is 72.8 Å². The molecule has 0 aliphatic carbocycles. The van der Waals surface area contributed by atoms with Gasteiger partial charge in [-0.15, -0.1) is 0 Å². The van der Waals surface area contributed by atoms with E-state index in [9.17, 15) is 14.9 Å². The van der Waals surface area contributed by atoms with E-state index in [0.29, 0.717) is 17.7 Å². The number of nitro benzene ring substituents is 1. The molecule has 34 heavy (non-hydrogen) atoms. The smallest absolute Gasteiger partial charge is 0.363 e. The molecule has 0 spiro atoms. The molecule has 10 heteroatoms. The van der Waals surface area contributed by atoms with Gasteiger partial charge in [0.15, 0.2) is 5.70 Å². The van der Waals surface area contributed by atoms with Gasteiger partial charge in [0.05, 0.1) is 12.1 Å². The molecular formula is C24H15I3N2O5. The van der Waals surface area contributed by atoms with Crippen molar-refractivity contribution in [3.63, 3.8) is 0 Å². The molecule has 0 aromatic heterocycles. The quantitative estimate of drug-likeness (QED) is 0.0919. The molecule has 0 saturated carbocycles. The van der Waals surface area contributed by atoms with Gasteiger partial charge in [0.1, 0.15) is 12.4 Å². The first-order valence-corrected chi connectivity index (χ1v) is 13.1. The second kappa shape index (κ2) is 10.7. The second-order valence-corrected chi connectivity index (χ2v) is 10.7. The third-order valence-electron chi connectivity index (χ3n) is 5.01. The number of aliphatic imine (C=N–C) groups is 1. The summed E-state index contributed by atoms with van der Waals surface area (Å²) in [4.78, 5) is 27.5. The van der Waals surface area contributed by atoms with Crippen LogP contribution in [-0.2, 0) is 16.1 Å². The van der Waals surface area contributed by atoms with Crippen LogP contribution < -0.4 is 4.74 Å². The average molecular weight is 792 g/mol. The molecule has 0 amide bonds. The van der Waals surface area contributed by atoms with Gasteiger partial charge >= 0.3 is 5.97 Å². The van der Waals surface area contributed by atoms with Gasteiger partial charge in [-0.05, 0) is 111 Å². The van der Waals surface area contributed by atoms with E-state index >= 15 is 0 Å². The van der Waals surface area contributed by atoms with E-state index in [4.69, 9.17) is 9.47 Å². The van der Waals surface area contributed by atoms with E-state index in [1.165, 1.54) is 6.07 Å². The second-order valence-electron chi connectivity index (χ2n) is 7.24. The van der Waals surface area contributed by atoms with Crippen LogP contribution in [0.15, 0.2) is 65.3 Å². The number of hydrogen-bond acceptors (Lipinski definition) is 6. The van der Waals surface area contributed by atoms with Crippen molar-refractivity contribution < 1.29 is 19.2 Å². The fourth-order valence-electron chi connectivity index (χ4n) is 3.30. The van der Waals surface area contributed by atoms with E-state index in [1.54, 1.807) is 25.1 Å². The summed E-state index contributed by atoms with van der Waals surface area (Å²) in [7, 11) is 0. The number of carbonyl (C=O) groups excluding carboxylic acids is 1. The number of nitrogens with zero attached hydrogens (tertiary/aromatic N) is 2. The molecule has 4 rings (SSSR count). The van der Waals surface area contributed by atoms with Gasteiger partial charge in [-0.25, -0.2) is 9.79 Å². The molecule has 0 fully saturated rings. The normalized spacial score (nSPS) is 14.2. The number of ether oxygens (including phenoxy) is 2. The molecule has 172 valence electrons. The highest BCUT2D eigenvalue weighted by molar-refractivity contribution is 14.1. The lowest BCUT2D eigenvalue weighted by atomic mass is 10.1. The summed E-state index contributed by atoms with van der Waals surface area (Å²) in [6.07, 6.45) is 1.64. The van der Waals surface area contributed by atoms with E-state index in [1.807, 2.05) is 36.4 Å². The number of benzene rings is 3. The third kappa shape index (κ3) is 5.43. The Morgan fingerprint density at radius 2 is 1.76 bits per heavy atom. The zero-order chi connectivity index (χ0) is 24.4. The maximum absolute atomic E-state index is 12.5. The first-order chi connectivity index (χ1) is 16.2. The molecule has 0 N–H and O–H groups in total. The molecule has 0 unspecified atom stereocenters. The van der Waals surface area contributed by atoms with Crippen molar-refractivity contribution in [1.29, 1.82) is 0 Å². The van der Waals surface area contributed by atoms with Gasteiger partial charge in [0.2, 0.25) is 5.90 Å². The highest BCUT2D eigenvalue weighted by atomic mass is 127. The zero-order valence-electron chi connectivity index (χ0n) is 17.6. The molecule has 0 bridgehead atoms. The van der Waals surface area contributed by atoms with Crippen molar-refractivity contribution in [2.45, 2.75) is 13.5 Å². The standard InChI is InChI=1S/C24H15I3N2O5/c1-13-16(6-4-8-21(13)29(31)32)23-28-20(24(30)34-23)11-14-9-18(26)22(19(27)10-14)33-12-15-5-2-3-7-17(15)25/h2-11H,12H2,1H3/b20-11-. The van der Waals surface area contributed by atoms with Gasteiger partial charge < -0.3 is 9.47 Å². The van der Waals surface area contributed by atoms with Crippen molar-refractivity contribution in [1.82, 2.24) is 0 Å². The van der Waals surface area contributed by atoms with Crippen LogP contribution in [0.3, 0.4) is 0 Å². The molecule has 3 aromatic carbocycles. The predicted molar refractivity (Wildman–Crippen MR) is 154 cm³/mol. The summed E-state index contributed by atoms with van der Waals surface area (Å²) < 4.78 is 14.3. The lowest BCUT2D eigenvalue weighted by molar-refractivity contribution is -0.385. The molecule has 0 atom stereocenters. The molecule has 3 aromatic rings. The van der Waals surface area contributed by atoms with Crippen molar-refractivity contribution >= 4 is 91.4 Å². The fourth-order valence-corrected chi connectivity index (χ4v) is 5.97. The van der Waals surface area contributed by atoms with Crippen molar-refractivity contribution in [3.8, 4) is 5.75 Å². The van der Waals surface area contributed by atoms with Crippen LogP contribution in [0.4, 0.5) is 5.69 Å². The summed E-state index contributed by atoms with van der Waals surface area (Å²) >= 11 is 6.70. The van der Waals surface area contributed by atoms with Crippen LogP contribution in [-0.4, -0.2) is 16.8 Å². The summed E-state index contributed by atoms with van der Waals surface area (Å²) in [6, 6.07) is 16.4. The Kier molecular flexibility index (Phi) is 7.87. The van der Waals surface area contributed by atoms with Gasteiger partial charge in [0.25, 0.3) is 5.69 Å². The number of hydrogen-bond donors (Lipinski definition) is 0. The molecule has 1 heterocycles. The Balaban J connectivity index is 1.60. The monoisotopic (exact) mass is 792 g/mol. The Morgan fingerprint density at radius 3 is 2.44 bits per heavy atom. The van der Waals surface area contributed by atoms with E-state index < -0.39 is 10.9 Å². The minimum Gasteiger partial charge on any atom is -0.487 e. The molecular weight excluding hydrogens is 777 g/mol. The van der Waals surface area contributed by atoms with Crippen molar-refractivity contribution in [2.24, 2.45) is 4.99 Å². The summed E-state index contributed by atoms with van der Waals surface area (Å²) in [5, 5.41) is 11.2. The Labute approximate surface area is 236 Å². The maximum Gasteiger partial charge on any atom is 0.363 e. The molecule has 1 aliphatic rings. The topological polar surface area (TPSA) is 91.0 Å². The Bertz CT molecular complexity index is 1360. The van der Waals surface area contributed by atoms with Gasteiger partial charge in [0, 0.05) is 26.3 Å². The van der Waals surface area contributed by atoms with Gasteiger partial charge in [-0.1, -0.05) is 24.3 Å². The van der Waals surface area contributed by atoms with Crippen LogP contribution >= 0.6 is 67.8 Å². The third-order valence-corrected chi connectivity index (χ3v) is 7.66. The van der Waals surface area contributed by atoms with Crippen LogP contribution in [0.5, 0.6) is 5.75 Å². The van der Waals surface area contributed by atoms with Crippen molar-refractivity contribution in [2.75, 3.05) is 0 Å². The SMILES string of the molecule is Cc1c(C2=N/C(=C\c3cc(I)c(OCc4ccccc4I)c(I)c3)C(=O)O2)cccc1[N+](=O)[O-]. The van der Waals surface area contributed by atoms with E-state index in [-0.39, 0.29) is 17.3 Å².